The van der Waals surface area contributed by atoms with Crippen LogP contribution in [0, 0.1) is 0 Å². The van der Waals surface area contributed by atoms with Gasteiger partial charge in [-0.15, -0.1) is 0 Å². The van der Waals surface area contributed by atoms with Crippen molar-refractivity contribution in [1.82, 2.24) is 0 Å². The second-order valence-corrected chi connectivity index (χ2v) is 10.3. The average Bonchev–Trinajstić information content (AvgIpc) is 1.38. The number of hydrogen-bond acceptors (Lipinski definition) is 0. The third kappa shape index (κ3) is 4.57. The van der Waals surface area contributed by atoms with Gasteiger partial charge in [-0.1, -0.05) is 0 Å². The first-order valence-electron chi connectivity index (χ1n) is 1.60. The van der Waals surface area contributed by atoms with Crippen LogP contribution < -0.4 is 0 Å². The molecule has 0 fully saturated rings. The fourth-order valence-corrected chi connectivity index (χ4v) is 0. The van der Waals surface area contributed by atoms with Crippen molar-refractivity contribution >= 4 is 25.4 Å². The Balaban J connectivity index is 3.60. The van der Waals surface area contributed by atoms with Crippen LogP contribution in [-0.2, 0) is 0 Å². The molecule has 0 heterocycles. The zero-order chi connectivity index (χ0) is 4.28. The van der Waals surface area contributed by atoms with Gasteiger partial charge in [0, 0.05) is 0 Å². The molecular weight excluding hydrogens is 255 g/mol. The van der Waals surface area contributed by atoms with E-state index >= 15 is 0 Å². The number of rotatable bonds is 0. The summed E-state index contributed by atoms with van der Waals surface area (Å²) in [7, 11) is 0. The van der Waals surface area contributed by atoms with Crippen LogP contribution in [0.25, 0.3) is 0 Å². The second-order valence-electron chi connectivity index (χ2n) is 1.18. The number of hydrogen-bond donors (Lipinski definition) is 0. The first-order valence-corrected chi connectivity index (χ1v) is 11.3. The third-order valence-electron chi connectivity index (χ3n) is 0.354. The summed E-state index contributed by atoms with van der Waals surface area (Å²) in [5.41, 5.74) is 0. The molecule has 0 amide bonds. The van der Waals surface area contributed by atoms with Gasteiger partial charge in [-0.3, -0.25) is 0 Å². The van der Waals surface area contributed by atoms with Gasteiger partial charge in [-0.05, 0) is 0 Å². The molecule has 1 heteroatoms. The summed E-state index contributed by atoms with van der Waals surface area (Å²) >= 11 is -1.06. The van der Waals surface area contributed by atoms with E-state index in [1.807, 2.05) is 0 Å². The Morgan fingerprint density at radius 1 is 1.60 bits per heavy atom. The molecule has 0 aromatic rings. The monoisotopic (exact) mass is 264 g/mol. The van der Waals surface area contributed by atoms with E-state index < -0.39 is 22.2 Å². The summed E-state index contributed by atoms with van der Waals surface area (Å²) < 4.78 is 7.51. The molecule has 0 saturated carbocycles. The average molecular weight is 263 g/mol. The molecule has 0 bridgehead atoms. The van der Waals surface area contributed by atoms with Gasteiger partial charge in [0.05, 0.1) is 0 Å². The summed E-state index contributed by atoms with van der Waals surface area (Å²) in [6.07, 6.45) is 0. The predicted molar refractivity (Wildman–Crippen MR) is 28.1 cm³/mol. The van der Waals surface area contributed by atoms with Crippen molar-refractivity contribution in [2.75, 3.05) is 0 Å². The molecular formula is C4H8Pb. The van der Waals surface area contributed by atoms with Crippen LogP contribution in [-0.4, -0.2) is 25.4 Å². The molecule has 0 unspecified atom stereocenters. The molecule has 28 valence electrons. The first kappa shape index (κ1) is 5.57. The molecule has 0 radical (unpaired) electrons. The van der Waals surface area contributed by atoms with Gasteiger partial charge in [0.15, 0.2) is 0 Å². The van der Waals surface area contributed by atoms with Crippen molar-refractivity contribution in [3.8, 4) is 0 Å². The van der Waals surface area contributed by atoms with Crippen LogP contribution in [0.3, 0.4) is 0 Å². The molecule has 0 aromatic carbocycles. The molecule has 0 aliphatic heterocycles. The van der Waals surface area contributed by atoms with Crippen molar-refractivity contribution in [3.63, 3.8) is 0 Å². The van der Waals surface area contributed by atoms with Gasteiger partial charge in [-0.2, -0.15) is 0 Å². The van der Waals surface area contributed by atoms with E-state index in [0.717, 1.165) is 0 Å². The topological polar surface area (TPSA) is 0 Å². The van der Waals surface area contributed by atoms with Crippen molar-refractivity contribution in [2.24, 2.45) is 0 Å². The Morgan fingerprint density at radius 2 is 1.80 bits per heavy atom. The second kappa shape index (κ2) is 2.79. The molecule has 0 saturated heterocycles. The van der Waals surface area contributed by atoms with Crippen molar-refractivity contribution in [3.05, 3.63) is 6.58 Å². The van der Waals surface area contributed by atoms with Gasteiger partial charge in [0.1, 0.15) is 0 Å². The Morgan fingerprint density at radius 3 is 1.80 bits per heavy atom. The van der Waals surface area contributed by atoms with Gasteiger partial charge in [0.25, 0.3) is 0 Å². The van der Waals surface area contributed by atoms with Crippen LogP contribution in [0.5, 0.6) is 0 Å². The quantitative estimate of drug-likeness (QED) is 0.570. The molecule has 0 spiro atoms. The molecule has 0 aliphatic carbocycles. The van der Waals surface area contributed by atoms with Gasteiger partial charge < -0.3 is 0 Å². The van der Waals surface area contributed by atoms with E-state index in [9.17, 15) is 0 Å². The van der Waals surface area contributed by atoms with Crippen LogP contribution in [0.4, 0.5) is 0 Å². The first-order chi connectivity index (χ1) is 2.27. The van der Waals surface area contributed by atoms with Gasteiger partial charge in [-0.25, -0.2) is 0 Å². The van der Waals surface area contributed by atoms with Gasteiger partial charge in [0.2, 0.25) is 0 Å². The van der Waals surface area contributed by atoms with Crippen LogP contribution >= 0.6 is 0 Å². The van der Waals surface area contributed by atoms with E-state index in [2.05, 4.69) is 18.8 Å². The summed E-state index contributed by atoms with van der Waals surface area (Å²) in [4.78, 5) is 0. The van der Waals surface area contributed by atoms with Crippen LogP contribution in [0.2, 0.25) is 8.97 Å². The fourth-order valence-electron chi connectivity index (χ4n) is 0. The van der Waals surface area contributed by atoms with Crippen LogP contribution in [0.15, 0.2) is 6.58 Å². The zero-order valence-corrected chi connectivity index (χ0v) is 7.59. The Bertz CT molecular complexity index is 63.7. The molecule has 0 N–H and O–H groups in total. The minimum absolute atomic E-state index is 1.06. The van der Waals surface area contributed by atoms with E-state index in [1.54, 1.807) is 0 Å². The predicted octanol–water partition coefficient (Wildman–Crippen LogP) is 0.910. The Labute approximate surface area is 41.1 Å². The molecule has 0 nitrogen and oxygen atoms in total. The zero-order valence-electron chi connectivity index (χ0n) is 3.71. The maximum absolute atomic E-state index is 3.53. The van der Waals surface area contributed by atoms with Crippen molar-refractivity contribution in [2.45, 2.75) is 8.97 Å². The summed E-state index contributed by atoms with van der Waals surface area (Å²) in [5.74, 6) is 0. The van der Waals surface area contributed by atoms with Gasteiger partial charge >= 0.3 is 41.0 Å². The van der Waals surface area contributed by atoms with E-state index in [-0.39, 0.29) is 0 Å². The standard InChI is InChI=1S/C2H2.2CH3.Pb/c1-2;;;/h1H2;2*1H3;. The SMILES string of the molecule is C=[C]=[Pb]([CH3])[CH3]. The normalized spacial score (nSPS) is 6.00. The summed E-state index contributed by atoms with van der Waals surface area (Å²) in [6, 6.07) is 0. The van der Waals surface area contributed by atoms with E-state index in [0.29, 0.717) is 0 Å². The molecule has 0 aliphatic rings. The Kier molecular flexibility index (Phi) is 3.11. The fraction of sp³-hybridized carbons (Fsp3) is 0.500. The Hall–Kier alpha value is 0.572. The van der Waals surface area contributed by atoms with E-state index in [4.69, 9.17) is 0 Å². The summed E-state index contributed by atoms with van der Waals surface area (Å²) in [6.45, 7) is 3.53. The van der Waals surface area contributed by atoms with Crippen LogP contribution in [0.1, 0.15) is 0 Å². The molecule has 5 heavy (non-hydrogen) atoms. The molecule has 0 aromatic heterocycles. The molecule has 0 atom stereocenters. The van der Waals surface area contributed by atoms with Crippen molar-refractivity contribution in [1.29, 1.82) is 0 Å². The summed E-state index contributed by atoms with van der Waals surface area (Å²) in [5, 5.41) is 0. The minimum atomic E-state index is -1.06. The van der Waals surface area contributed by atoms with Crippen molar-refractivity contribution < 1.29 is 0 Å². The molecule has 0 rings (SSSR count). The van der Waals surface area contributed by atoms with E-state index in [1.165, 1.54) is 0 Å². The maximum atomic E-state index is 3.53. The third-order valence-corrected chi connectivity index (χ3v) is 3.10.